The molecule has 1 N–H and O–H groups in total. The predicted octanol–water partition coefficient (Wildman–Crippen LogP) is 1.95. The van der Waals surface area contributed by atoms with Gasteiger partial charge in [-0.25, -0.2) is 0 Å². The number of amides is 3. The van der Waals surface area contributed by atoms with E-state index in [1.54, 1.807) is 24.3 Å². The lowest BCUT2D eigenvalue weighted by molar-refractivity contribution is -0.155. The van der Waals surface area contributed by atoms with Crippen LogP contribution in [0.2, 0.25) is 0 Å². The molecule has 29 heavy (non-hydrogen) atoms. The van der Waals surface area contributed by atoms with Crippen LogP contribution in [0.25, 0.3) is 0 Å². The van der Waals surface area contributed by atoms with Gasteiger partial charge in [0.1, 0.15) is 5.54 Å². The number of fused-ring (bicyclic) bond motifs is 1. The lowest BCUT2D eigenvalue weighted by Crippen LogP contribution is -2.52. The number of benzene rings is 1. The maximum atomic E-state index is 12.4. The van der Waals surface area contributed by atoms with Crippen LogP contribution in [0.4, 0.5) is 0 Å². The van der Waals surface area contributed by atoms with Crippen molar-refractivity contribution in [3.8, 4) is 6.07 Å². The van der Waals surface area contributed by atoms with Gasteiger partial charge in [-0.1, -0.05) is 31.4 Å². The monoisotopic (exact) mass is 397 g/mol. The summed E-state index contributed by atoms with van der Waals surface area (Å²) in [5, 5.41) is 12.2. The molecule has 3 rings (SSSR count). The molecule has 1 aliphatic carbocycles. The van der Waals surface area contributed by atoms with Crippen LogP contribution < -0.4 is 5.32 Å². The second kappa shape index (κ2) is 8.43. The van der Waals surface area contributed by atoms with Crippen LogP contribution >= 0.6 is 0 Å². The lowest BCUT2D eigenvalue weighted by Gasteiger charge is -2.32. The van der Waals surface area contributed by atoms with E-state index in [9.17, 15) is 24.4 Å². The topological polar surface area (TPSA) is 117 Å². The molecule has 152 valence electrons. The number of hydrogen-bond acceptors (Lipinski definition) is 6. The minimum absolute atomic E-state index is 0.123. The molecule has 1 fully saturated rings. The molecule has 0 radical (unpaired) electrons. The number of ether oxygens (including phenoxy) is 1. The van der Waals surface area contributed by atoms with Crippen molar-refractivity contribution in [3.63, 3.8) is 0 Å². The molecule has 0 unspecified atom stereocenters. The van der Waals surface area contributed by atoms with Gasteiger partial charge in [0.2, 0.25) is 0 Å². The van der Waals surface area contributed by atoms with Gasteiger partial charge < -0.3 is 10.1 Å². The third-order valence-electron chi connectivity index (χ3n) is 5.38. The summed E-state index contributed by atoms with van der Waals surface area (Å²) in [4.78, 5) is 50.1. The van der Waals surface area contributed by atoms with Gasteiger partial charge in [0.15, 0.2) is 6.10 Å². The van der Waals surface area contributed by atoms with E-state index in [0.717, 1.165) is 24.2 Å². The summed E-state index contributed by atoms with van der Waals surface area (Å²) in [5.74, 6) is -2.11. The Kier molecular flexibility index (Phi) is 5.97. The highest BCUT2D eigenvalue weighted by Crippen LogP contribution is 2.27. The van der Waals surface area contributed by atoms with Crippen molar-refractivity contribution in [1.29, 1.82) is 5.26 Å². The van der Waals surface area contributed by atoms with E-state index >= 15 is 0 Å². The quantitative estimate of drug-likeness (QED) is 0.579. The fourth-order valence-corrected chi connectivity index (χ4v) is 3.71. The Morgan fingerprint density at radius 2 is 1.76 bits per heavy atom. The Morgan fingerprint density at radius 3 is 2.31 bits per heavy atom. The maximum absolute atomic E-state index is 12.4. The van der Waals surface area contributed by atoms with Gasteiger partial charge in [-0.2, -0.15) is 5.26 Å². The Bertz CT molecular complexity index is 848. The number of carbonyl (C=O) groups excluding carboxylic acids is 4. The predicted molar refractivity (Wildman–Crippen MR) is 102 cm³/mol. The third-order valence-corrected chi connectivity index (χ3v) is 5.38. The molecule has 0 spiro atoms. The molecule has 1 aliphatic heterocycles. The van der Waals surface area contributed by atoms with Gasteiger partial charge in [-0.15, -0.1) is 0 Å². The Morgan fingerprint density at radius 1 is 1.17 bits per heavy atom. The Hall–Kier alpha value is -3.21. The third kappa shape index (κ3) is 4.29. The van der Waals surface area contributed by atoms with E-state index in [1.807, 2.05) is 0 Å². The number of nitrogens with zero attached hydrogens (tertiary/aromatic N) is 2. The number of hydrogen-bond donors (Lipinski definition) is 1. The zero-order valence-corrected chi connectivity index (χ0v) is 16.3. The summed E-state index contributed by atoms with van der Waals surface area (Å²) in [6.07, 6.45) is 2.63. The second-order valence-electron chi connectivity index (χ2n) is 7.43. The highest BCUT2D eigenvalue weighted by Gasteiger charge is 2.37. The van der Waals surface area contributed by atoms with Crippen LogP contribution in [0.15, 0.2) is 24.3 Å². The molecule has 8 nitrogen and oxygen atoms in total. The summed E-state index contributed by atoms with van der Waals surface area (Å²) in [5.41, 5.74) is -0.281. The molecular weight excluding hydrogens is 374 g/mol. The average molecular weight is 397 g/mol. The number of carbonyl (C=O) groups is 4. The first-order valence-electron chi connectivity index (χ1n) is 9.75. The minimum Gasteiger partial charge on any atom is -0.452 e. The van der Waals surface area contributed by atoms with Crippen LogP contribution in [0, 0.1) is 11.3 Å². The van der Waals surface area contributed by atoms with E-state index in [0.29, 0.717) is 24.0 Å². The fraction of sp³-hybridized carbons (Fsp3) is 0.476. The first-order valence-corrected chi connectivity index (χ1v) is 9.75. The Balaban J connectivity index is 1.51. The van der Waals surface area contributed by atoms with E-state index in [2.05, 4.69) is 11.4 Å². The van der Waals surface area contributed by atoms with Crippen molar-refractivity contribution in [3.05, 3.63) is 35.4 Å². The first-order chi connectivity index (χ1) is 13.9. The molecule has 3 amide bonds. The van der Waals surface area contributed by atoms with Crippen LogP contribution in [0.5, 0.6) is 0 Å². The summed E-state index contributed by atoms with van der Waals surface area (Å²) < 4.78 is 5.14. The standard InChI is InChI=1S/C21H23N3O5/c1-14(18(26)23-21(13-22)10-5-2-6-11-21)29-17(25)9-12-24-19(27)15-7-3-4-8-16(15)20(24)28/h3-4,7-8,14H,2,5-6,9-12H2,1H3,(H,23,26)/t14-/m0/s1. The summed E-state index contributed by atoms with van der Waals surface area (Å²) in [6, 6.07) is 8.65. The molecule has 1 atom stereocenters. The molecule has 1 aromatic carbocycles. The number of esters is 1. The van der Waals surface area contributed by atoms with E-state index in [-0.39, 0.29) is 13.0 Å². The number of nitriles is 1. The highest BCUT2D eigenvalue weighted by molar-refractivity contribution is 6.21. The van der Waals surface area contributed by atoms with E-state index in [1.165, 1.54) is 6.92 Å². The molecule has 0 aromatic heterocycles. The van der Waals surface area contributed by atoms with Crippen molar-refractivity contribution in [2.45, 2.75) is 57.1 Å². The van der Waals surface area contributed by atoms with Gasteiger partial charge in [-0.05, 0) is 31.9 Å². The highest BCUT2D eigenvalue weighted by atomic mass is 16.5. The molecule has 8 heteroatoms. The minimum atomic E-state index is -1.07. The maximum Gasteiger partial charge on any atom is 0.308 e. The second-order valence-corrected chi connectivity index (χ2v) is 7.43. The largest absolute Gasteiger partial charge is 0.452 e. The first kappa shape index (κ1) is 20.5. The fourth-order valence-electron chi connectivity index (χ4n) is 3.71. The van der Waals surface area contributed by atoms with Crippen molar-refractivity contribution in [2.75, 3.05) is 6.54 Å². The molecule has 1 saturated carbocycles. The Labute approximate surface area is 168 Å². The molecule has 0 bridgehead atoms. The molecular formula is C21H23N3O5. The van der Waals surface area contributed by atoms with Crippen molar-refractivity contribution in [1.82, 2.24) is 10.2 Å². The van der Waals surface area contributed by atoms with Crippen LogP contribution in [0.1, 0.15) is 66.2 Å². The number of imide groups is 1. The molecule has 1 heterocycles. The van der Waals surface area contributed by atoms with Gasteiger partial charge in [0.25, 0.3) is 17.7 Å². The van der Waals surface area contributed by atoms with E-state index < -0.39 is 35.3 Å². The van der Waals surface area contributed by atoms with Gasteiger partial charge in [-0.3, -0.25) is 24.1 Å². The van der Waals surface area contributed by atoms with Crippen molar-refractivity contribution < 1.29 is 23.9 Å². The normalized spacial score (nSPS) is 18.6. The molecule has 1 aromatic rings. The van der Waals surface area contributed by atoms with Gasteiger partial charge >= 0.3 is 5.97 Å². The van der Waals surface area contributed by atoms with Gasteiger partial charge in [0.05, 0.1) is 23.6 Å². The smallest absolute Gasteiger partial charge is 0.308 e. The van der Waals surface area contributed by atoms with Crippen LogP contribution in [0.3, 0.4) is 0 Å². The summed E-state index contributed by atoms with van der Waals surface area (Å²) >= 11 is 0. The molecule has 2 aliphatic rings. The zero-order valence-electron chi connectivity index (χ0n) is 16.3. The summed E-state index contributed by atoms with van der Waals surface area (Å²) in [6.45, 7) is 1.31. The van der Waals surface area contributed by atoms with E-state index in [4.69, 9.17) is 4.74 Å². The van der Waals surface area contributed by atoms with Crippen molar-refractivity contribution >= 4 is 23.7 Å². The average Bonchev–Trinajstić information content (AvgIpc) is 2.97. The number of rotatable bonds is 6. The molecule has 0 saturated heterocycles. The van der Waals surface area contributed by atoms with Crippen LogP contribution in [-0.2, 0) is 14.3 Å². The van der Waals surface area contributed by atoms with Crippen molar-refractivity contribution in [2.24, 2.45) is 0 Å². The van der Waals surface area contributed by atoms with Crippen LogP contribution in [-0.4, -0.2) is 46.8 Å². The van der Waals surface area contributed by atoms with Gasteiger partial charge in [0, 0.05) is 6.54 Å². The lowest BCUT2D eigenvalue weighted by atomic mass is 9.83. The summed E-state index contributed by atoms with van der Waals surface area (Å²) in [7, 11) is 0. The number of nitrogens with one attached hydrogen (secondary N) is 1. The SMILES string of the molecule is C[C@H](OC(=O)CCN1C(=O)c2ccccc2C1=O)C(=O)NC1(C#N)CCCCC1. The zero-order chi connectivity index (χ0) is 21.0.